The van der Waals surface area contributed by atoms with E-state index in [9.17, 15) is 21.7 Å². The number of hydrogen-bond acceptors (Lipinski definition) is 5. The zero-order valence-electron chi connectivity index (χ0n) is 8.57. The smallest absolute Gasteiger partial charge is 0.348 e. The lowest BCUT2D eigenvalue weighted by Gasteiger charge is -2.19. The van der Waals surface area contributed by atoms with Crippen molar-refractivity contribution in [3.8, 4) is 0 Å². The lowest BCUT2D eigenvalue weighted by molar-refractivity contribution is -0.144. The molecule has 0 aromatic rings. The van der Waals surface area contributed by atoms with Crippen LogP contribution in [0.4, 0.5) is 13.3 Å². The van der Waals surface area contributed by atoms with Gasteiger partial charge in [0.2, 0.25) is 0 Å². The van der Waals surface area contributed by atoms with Crippen molar-refractivity contribution in [2.24, 2.45) is 0 Å². The van der Waals surface area contributed by atoms with E-state index in [1.165, 1.54) is 13.8 Å². The van der Waals surface area contributed by atoms with Crippen LogP contribution in [0.25, 0.3) is 0 Å². The van der Waals surface area contributed by atoms with Gasteiger partial charge in [-0.3, -0.25) is 0 Å². The zero-order valence-corrected chi connectivity index (χ0v) is 9.39. The summed E-state index contributed by atoms with van der Waals surface area (Å²) in [5.74, 6) is -1.05. The fourth-order valence-corrected chi connectivity index (χ4v) is 1.76. The molecular formula is C7H11F3O5S. The Balaban J connectivity index is 2.68. The normalized spacial score (nSPS) is 25.9. The van der Waals surface area contributed by atoms with Crippen LogP contribution in [-0.4, -0.2) is 32.2 Å². The Morgan fingerprint density at radius 1 is 1.50 bits per heavy atom. The van der Waals surface area contributed by atoms with Gasteiger partial charge in [-0.05, 0) is 18.4 Å². The van der Waals surface area contributed by atoms with E-state index in [1.807, 2.05) is 0 Å². The minimum absolute atomic E-state index is 0.190. The highest BCUT2D eigenvalue weighted by molar-refractivity contribution is 7.87. The Morgan fingerprint density at radius 3 is 2.44 bits per heavy atom. The molecule has 0 saturated carbocycles. The van der Waals surface area contributed by atoms with Crippen LogP contribution in [0.15, 0.2) is 0 Å². The predicted molar refractivity (Wildman–Crippen MR) is 45.6 cm³/mol. The summed E-state index contributed by atoms with van der Waals surface area (Å²) in [6.07, 6.45) is -2.35. The van der Waals surface area contributed by atoms with Gasteiger partial charge in [-0.2, -0.15) is 17.2 Å². The second-order valence-corrected chi connectivity index (χ2v) is 5.44. The first-order valence-corrected chi connectivity index (χ1v) is 5.75. The molecule has 0 bridgehead atoms. The van der Waals surface area contributed by atoms with E-state index in [0.717, 1.165) is 0 Å². The van der Waals surface area contributed by atoms with Crippen LogP contribution < -0.4 is 0 Å². The number of ether oxygens (including phenoxy) is 2. The van der Waals surface area contributed by atoms with Crippen LogP contribution in [0.1, 0.15) is 20.3 Å². The van der Waals surface area contributed by atoms with Gasteiger partial charge in [-0.25, -0.2) is 0 Å². The van der Waals surface area contributed by atoms with Crippen molar-refractivity contribution in [1.29, 1.82) is 0 Å². The average Bonchev–Trinajstić information content (AvgIpc) is 2.44. The second kappa shape index (κ2) is 4.13. The second-order valence-electron chi connectivity index (χ2n) is 3.81. The molecule has 1 unspecified atom stereocenters. The Bertz CT molecular complexity index is 353. The minimum atomic E-state index is -5.56. The highest BCUT2D eigenvalue weighted by Gasteiger charge is 2.51. The maximum atomic E-state index is 13.0. The summed E-state index contributed by atoms with van der Waals surface area (Å²) in [5.41, 5.74) is 0. The van der Waals surface area contributed by atoms with E-state index in [1.54, 1.807) is 0 Å². The van der Waals surface area contributed by atoms with Crippen molar-refractivity contribution in [3.63, 3.8) is 0 Å². The minimum Gasteiger partial charge on any atom is -0.348 e. The van der Waals surface area contributed by atoms with Gasteiger partial charge in [-0.1, -0.05) is 4.39 Å². The molecule has 1 aliphatic heterocycles. The summed E-state index contributed by atoms with van der Waals surface area (Å²) < 4.78 is 70.8. The molecule has 96 valence electrons. The van der Waals surface area contributed by atoms with Crippen LogP contribution in [0.3, 0.4) is 0 Å². The lowest BCUT2D eigenvalue weighted by atomic mass is 10.3. The molecule has 0 aliphatic carbocycles. The fourth-order valence-electron chi connectivity index (χ4n) is 1.28. The maximum absolute atomic E-state index is 13.0. The quantitative estimate of drug-likeness (QED) is 0.767. The van der Waals surface area contributed by atoms with Crippen molar-refractivity contribution in [2.75, 3.05) is 6.61 Å². The van der Waals surface area contributed by atoms with Crippen LogP contribution in [0, 0.1) is 0 Å². The van der Waals surface area contributed by atoms with Gasteiger partial charge in [0, 0.05) is 0 Å². The molecule has 0 amide bonds. The van der Waals surface area contributed by atoms with Crippen molar-refractivity contribution >= 4 is 10.1 Å². The molecule has 0 aromatic heterocycles. The first-order valence-electron chi connectivity index (χ1n) is 4.34. The first-order chi connectivity index (χ1) is 7.10. The SMILES string of the molecule is CC1(C)OCC(CC(F)(F)S(=O)(=O)OF)O1. The summed E-state index contributed by atoms with van der Waals surface area (Å²) in [5, 5.41) is -4.35. The number of alkyl halides is 2. The first kappa shape index (κ1) is 13.7. The molecule has 16 heavy (non-hydrogen) atoms. The molecule has 1 aliphatic rings. The van der Waals surface area contributed by atoms with E-state index in [0.29, 0.717) is 0 Å². The standard InChI is InChI=1S/C7H11F3O5S/c1-6(2)13-4-5(14-6)3-7(8,9)16(11,12)15-10/h5H,3-4H2,1-2H3. The Morgan fingerprint density at radius 2 is 2.06 bits per heavy atom. The van der Waals surface area contributed by atoms with Crippen molar-refractivity contribution < 1.29 is 35.6 Å². The van der Waals surface area contributed by atoms with Gasteiger partial charge in [0.25, 0.3) is 0 Å². The Kier molecular flexibility index (Phi) is 3.53. The molecule has 0 radical (unpaired) electrons. The highest BCUT2D eigenvalue weighted by atomic mass is 32.2. The van der Waals surface area contributed by atoms with Crippen LogP contribution in [-0.2, 0) is 24.0 Å². The number of rotatable bonds is 4. The van der Waals surface area contributed by atoms with E-state index in [-0.39, 0.29) is 6.61 Å². The molecule has 9 heteroatoms. The predicted octanol–water partition coefficient (Wildman–Crippen LogP) is 1.35. The molecule has 1 atom stereocenters. The third-order valence-electron chi connectivity index (χ3n) is 1.98. The summed E-state index contributed by atoms with van der Waals surface area (Å²) >= 11 is 0. The number of hydrogen-bond donors (Lipinski definition) is 0. The maximum Gasteiger partial charge on any atom is 0.375 e. The fraction of sp³-hybridized carbons (Fsp3) is 1.00. The molecule has 1 rings (SSSR count). The van der Waals surface area contributed by atoms with Gasteiger partial charge in [0.15, 0.2) is 5.79 Å². The van der Waals surface area contributed by atoms with E-state index < -0.39 is 33.7 Å². The van der Waals surface area contributed by atoms with Crippen LogP contribution in [0.5, 0.6) is 0 Å². The van der Waals surface area contributed by atoms with Gasteiger partial charge in [0.05, 0.1) is 19.1 Å². The van der Waals surface area contributed by atoms with Crippen molar-refractivity contribution in [2.45, 2.75) is 37.4 Å². The topological polar surface area (TPSA) is 61.8 Å². The van der Waals surface area contributed by atoms with Crippen molar-refractivity contribution in [3.05, 3.63) is 0 Å². The van der Waals surface area contributed by atoms with E-state index in [4.69, 9.17) is 9.47 Å². The summed E-state index contributed by atoms with van der Waals surface area (Å²) in [4.78, 5) is 0. The van der Waals surface area contributed by atoms with Gasteiger partial charge < -0.3 is 9.47 Å². The molecule has 5 nitrogen and oxygen atoms in total. The van der Waals surface area contributed by atoms with E-state index >= 15 is 0 Å². The molecule has 1 heterocycles. The average molecular weight is 264 g/mol. The van der Waals surface area contributed by atoms with Gasteiger partial charge in [-0.15, -0.1) is 0 Å². The summed E-state index contributed by atoms with van der Waals surface area (Å²) in [6.45, 7) is 2.79. The molecular weight excluding hydrogens is 253 g/mol. The lowest BCUT2D eigenvalue weighted by Crippen LogP contribution is -2.34. The molecule has 0 aromatic carbocycles. The Hall–Kier alpha value is -0.380. The van der Waals surface area contributed by atoms with Gasteiger partial charge in [0.1, 0.15) is 0 Å². The summed E-state index contributed by atoms with van der Waals surface area (Å²) in [7, 11) is -5.56. The third kappa shape index (κ3) is 2.84. The monoisotopic (exact) mass is 264 g/mol. The van der Waals surface area contributed by atoms with E-state index in [2.05, 4.69) is 4.39 Å². The zero-order chi connectivity index (χ0) is 12.6. The molecule has 1 fully saturated rings. The summed E-state index contributed by atoms with van der Waals surface area (Å²) in [6, 6.07) is 0. The molecule has 1 saturated heterocycles. The van der Waals surface area contributed by atoms with Crippen molar-refractivity contribution in [1.82, 2.24) is 0 Å². The van der Waals surface area contributed by atoms with Crippen LogP contribution in [0.2, 0.25) is 0 Å². The third-order valence-corrected chi connectivity index (χ3v) is 3.05. The number of halogens is 3. The highest BCUT2D eigenvalue weighted by Crippen LogP contribution is 2.34. The van der Waals surface area contributed by atoms with Gasteiger partial charge >= 0.3 is 15.4 Å². The molecule has 0 spiro atoms. The van der Waals surface area contributed by atoms with Crippen LogP contribution >= 0.6 is 0 Å². The Labute approximate surface area is 90.5 Å². The largest absolute Gasteiger partial charge is 0.375 e. The molecule has 0 N–H and O–H groups in total.